The fourth-order valence-corrected chi connectivity index (χ4v) is 5.98. The van der Waals surface area contributed by atoms with Crippen LogP contribution in [-0.2, 0) is 25.5 Å². The Balaban J connectivity index is 1.89. The molecular formula is C21H29F3N2O5S. The molecule has 1 amide bonds. The topological polar surface area (TPSA) is 76.2 Å². The third-order valence-electron chi connectivity index (χ3n) is 5.51. The van der Waals surface area contributed by atoms with Crippen molar-refractivity contribution < 1.29 is 35.9 Å². The molecule has 2 fully saturated rings. The molecule has 0 saturated carbocycles. The highest BCUT2D eigenvalue weighted by molar-refractivity contribution is 7.92. The van der Waals surface area contributed by atoms with Gasteiger partial charge >= 0.3 is 12.3 Å². The van der Waals surface area contributed by atoms with E-state index in [2.05, 4.69) is 4.90 Å². The summed E-state index contributed by atoms with van der Waals surface area (Å²) in [6.07, 6.45) is -5.44. The third kappa shape index (κ3) is 5.74. The normalized spacial score (nSPS) is 23.4. The Bertz CT molecular complexity index is 924. The number of rotatable bonds is 4. The number of hydrogen-bond donors (Lipinski definition) is 0. The van der Waals surface area contributed by atoms with Gasteiger partial charge in [-0.25, -0.2) is 13.2 Å². The number of alkyl halides is 3. The number of carbonyl (C=O) groups excluding carboxylic acids is 1. The molecule has 7 nitrogen and oxygen atoms in total. The molecule has 1 aromatic carbocycles. The summed E-state index contributed by atoms with van der Waals surface area (Å²) in [5.74, 6) is 0. The van der Waals surface area contributed by atoms with Crippen molar-refractivity contribution in [3.05, 3.63) is 29.8 Å². The van der Waals surface area contributed by atoms with Crippen LogP contribution in [0.15, 0.2) is 29.2 Å². The van der Waals surface area contributed by atoms with Crippen LogP contribution in [0.3, 0.4) is 0 Å². The van der Waals surface area contributed by atoms with Crippen molar-refractivity contribution in [1.29, 1.82) is 0 Å². The zero-order valence-corrected chi connectivity index (χ0v) is 19.2. The zero-order chi connectivity index (χ0) is 23.7. The molecule has 0 aliphatic carbocycles. The van der Waals surface area contributed by atoms with Gasteiger partial charge in [-0.3, -0.25) is 4.90 Å². The van der Waals surface area contributed by atoms with E-state index in [0.29, 0.717) is 32.8 Å². The molecular weight excluding hydrogens is 449 g/mol. The average molecular weight is 479 g/mol. The third-order valence-corrected chi connectivity index (χ3v) is 7.70. The molecule has 2 saturated heterocycles. The van der Waals surface area contributed by atoms with Crippen LogP contribution in [0.4, 0.5) is 18.0 Å². The lowest BCUT2D eigenvalue weighted by Crippen LogP contribution is -2.47. The van der Waals surface area contributed by atoms with Gasteiger partial charge in [0.25, 0.3) is 0 Å². The van der Waals surface area contributed by atoms with Gasteiger partial charge < -0.3 is 14.4 Å². The number of nitrogens with zero attached hydrogens (tertiary/aromatic N) is 2. The first-order valence-corrected chi connectivity index (χ1v) is 12.0. The van der Waals surface area contributed by atoms with Crippen molar-refractivity contribution in [2.24, 2.45) is 0 Å². The largest absolute Gasteiger partial charge is 0.444 e. The molecule has 11 heteroatoms. The quantitative estimate of drug-likeness (QED) is 0.662. The number of halogens is 3. The van der Waals surface area contributed by atoms with Crippen LogP contribution in [0.5, 0.6) is 0 Å². The van der Waals surface area contributed by atoms with Crippen molar-refractivity contribution in [1.82, 2.24) is 9.80 Å². The van der Waals surface area contributed by atoms with Crippen molar-refractivity contribution >= 4 is 15.9 Å². The van der Waals surface area contributed by atoms with Gasteiger partial charge in [0.15, 0.2) is 9.84 Å². The fourth-order valence-electron chi connectivity index (χ4n) is 4.03. The maximum Gasteiger partial charge on any atom is 0.417 e. The molecule has 2 heterocycles. The minimum absolute atomic E-state index is 0.0329. The molecule has 0 aromatic heterocycles. The van der Waals surface area contributed by atoms with E-state index in [4.69, 9.17) is 9.47 Å². The van der Waals surface area contributed by atoms with E-state index >= 15 is 0 Å². The van der Waals surface area contributed by atoms with Crippen LogP contribution in [-0.4, -0.2) is 80.6 Å². The van der Waals surface area contributed by atoms with Gasteiger partial charge in [-0.1, -0.05) is 12.1 Å². The first-order valence-electron chi connectivity index (χ1n) is 10.5. The Morgan fingerprint density at radius 1 is 1.16 bits per heavy atom. The van der Waals surface area contributed by atoms with Gasteiger partial charge in [-0.05, 0) is 39.3 Å². The number of benzene rings is 1. The molecule has 0 N–H and O–H groups in total. The Hall–Kier alpha value is -1.85. The highest BCUT2D eigenvalue weighted by Gasteiger charge is 2.46. The summed E-state index contributed by atoms with van der Waals surface area (Å²) in [5.41, 5.74) is -1.99. The summed E-state index contributed by atoms with van der Waals surface area (Å²) in [5, 5.41) is -1.16. The lowest BCUT2D eigenvalue weighted by Gasteiger charge is -2.33. The van der Waals surface area contributed by atoms with Gasteiger partial charge in [0, 0.05) is 32.2 Å². The highest BCUT2D eigenvalue weighted by Crippen LogP contribution is 2.37. The van der Waals surface area contributed by atoms with Gasteiger partial charge in [0.2, 0.25) is 0 Å². The average Bonchev–Trinajstić information content (AvgIpc) is 3.12. The molecule has 2 aliphatic heterocycles. The van der Waals surface area contributed by atoms with E-state index in [1.54, 1.807) is 20.8 Å². The molecule has 180 valence electrons. The molecule has 0 bridgehead atoms. The number of ether oxygens (including phenoxy) is 2. The van der Waals surface area contributed by atoms with E-state index in [1.807, 2.05) is 0 Å². The monoisotopic (exact) mass is 478 g/mol. The van der Waals surface area contributed by atoms with E-state index in [0.717, 1.165) is 18.2 Å². The van der Waals surface area contributed by atoms with Crippen LogP contribution in [0.2, 0.25) is 0 Å². The molecule has 1 aromatic rings. The van der Waals surface area contributed by atoms with E-state index < -0.39 is 49.5 Å². The maximum absolute atomic E-state index is 13.5. The summed E-state index contributed by atoms with van der Waals surface area (Å²) in [6.45, 7) is 7.59. The van der Waals surface area contributed by atoms with Crippen molar-refractivity contribution in [3.63, 3.8) is 0 Å². The number of hydrogen-bond acceptors (Lipinski definition) is 6. The smallest absolute Gasteiger partial charge is 0.417 e. The van der Waals surface area contributed by atoms with Crippen LogP contribution >= 0.6 is 0 Å². The SMILES string of the molecule is CC(C)(C)OC(=O)N1C[C@@H](S(=O)(=O)c2ccccc2C(F)(F)F)C[C@@H]1CN1CCOCC1. The van der Waals surface area contributed by atoms with Crippen LogP contribution < -0.4 is 0 Å². The van der Waals surface area contributed by atoms with Crippen molar-refractivity contribution in [2.45, 2.75) is 55.2 Å². The summed E-state index contributed by atoms with van der Waals surface area (Å²) in [4.78, 5) is 15.5. The van der Waals surface area contributed by atoms with Crippen LogP contribution in [0.25, 0.3) is 0 Å². The fraction of sp³-hybridized carbons (Fsp3) is 0.667. The molecule has 0 unspecified atom stereocenters. The number of amides is 1. The number of morpholine rings is 1. The van der Waals surface area contributed by atoms with Gasteiger partial charge in [-0.15, -0.1) is 0 Å². The van der Waals surface area contributed by atoms with Crippen LogP contribution in [0.1, 0.15) is 32.8 Å². The van der Waals surface area contributed by atoms with Crippen LogP contribution in [0, 0.1) is 0 Å². The maximum atomic E-state index is 13.5. The van der Waals surface area contributed by atoms with Gasteiger partial charge in [0.1, 0.15) is 5.60 Å². The summed E-state index contributed by atoms with van der Waals surface area (Å²) < 4.78 is 77.8. The second-order valence-corrected chi connectivity index (χ2v) is 11.3. The molecule has 2 atom stereocenters. The minimum Gasteiger partial charge on any atom is -0.444 e. The van der Waals surface area contributed by atoms with Crippen molar-refractivity contribution in [3.8, 4) is 0 Å². The van der Waals surface area contributed by atoms with Crippen molar-refractivity contribution in [2.75, 3.05) is 39.4 Å². The molecule has 0 radical (unpaired) electrons. The summed E-state index contributed by atoms with van der Waals surface area (Å²) in [6, 6.07) is 3.67. The minimum atomic E-state index is -4.81. The Labute approximate surface area is 186 Å². The predicted molar refractivity (Wildman–Crippen MR) is 111 cm³/mol. The molecule has 2 aliphatic rings. The number of sulfone groups is 1. The second kappa shape index (κ2) is 9.18. The standard InChI is InChI=1S/C21H29F3N2O5S/c1-20(2,3)31-19(27)26-14-16(12-15(26)13-25-8-10-30-11-9-25)32(28,29)18-7-5-4-6-17(18)21(22,23)24/h4-7,15-16H,8-14H2,1-3H3/t15-,16+/m1/s1. The van der Waals surface area contributed by atoms with Gasteiger partial charge in [0.05, 0.1) is 28.9 Å². The van der Waals surface area contributed by atoms with E-state index in [1.165, 1.54) is 11.0 Å². The lowest BCUT2D eigenvalue weighted by atomic mass is 10.2. The molecule has 3 rings (SSSR count). The first-order chi connectivity index (χ1) is 14.8. The lowest BCUT2D eigenvalue weighted by molar-refractivity contribution is -0.139. The summed E-state index contributed by atoms with van der Waals surface area (Å²) in [7, 11) is -4.35. The second-order valence-electron chi connectivity index (χ2n) is 9.10. The van der Waals surface area contributed by atoms with E-state index in [-0.39, 0.29) is 13.0 Å². The number of carbonyl (C=O) groups is 1. The highest BCUT2D eigenvalue weighted by atomic mass is 32.2. The first kappa shape index (κ1) is 24.8. The van der Waals surface area contributed by atoms with Gasteiger partial charge in [-0.2, -0.15) is 13.2 Å². The molecule has 0 spiro atoms. The Morgan fingerprint density at radius 3 is 2.38 bits per heavy atom. The zero-order valence-electron chi connectivity index (χ0n) is 18.4. The number of likely N-dealkylation sites (tertiary alicyclic amines) is 1. The predicted octanol–water partition coefficient (Wildman–Crippen LogP) is 3.19. The molecule has 32 heavy (non-hydrogen) atoms. The summed E-state index contributed by atoms with van der Waals surface area (Å²) >= 11 is 0. The Morgan fingerprint density at radius 2 is 1.78 bits per heavy atom. The Kier molecular flexibility index (Phi) is 7.11. The van der Waals surface area contributed by atoms with E-state index in [9.17, 15) is 26.4 Å².